The van der Waals surface area contributed by atoms with Gasteiger partial charge in [-0.25, -0.2) is 13.1 Å². The number of nitrogens with one attached hydrogen (secondary N) is 1. The van der Waals surface area contributed by atoms with Crippen molar-refractivity contribution in [1.29, 1.82) is 0 Å². The molecule has 29 heavy (non-hydrogen) atoms. The molecule has 0 aliphatic carbocycles. The molecule has 6 nitrogen and oxygen atoms in total. The minimum Gasteiger partial charge on any atom is -0.321 e. The number of aryl methyl sites for hydroxylation is 1. The molecule has 0 saturated heterocycles. The first kappa shape index (κ1) is 20.5. The van der Waals surface area contributed by atoms with Crippen LogP contribution in [0.15, 0.2) is 65.6 Å². The van der Waals surface area contributed by atoms with Gasteiger partial charge in [0, 0.05) is 17.3 Å². The van der Waals surface area contributed by atoms with Crippen LogP contribution in [0.3, 0.4) is 0 Å². The lowest BCUT2D eigenvalue weighted by atomic mass is 10.2. The quantitative estimate of drug-likeness (QED) is 0.626. The summed E-state index contributed by atoms with van der Waals surface area (Å²) in [5, 5.41) is 7.22. The van der Waals surface area contributed by atoms with Crippen molar-refractivity contribution < 1.29 is 13.2 Å². The van der Waals surface area contributed by atoms with Crippen LogP contribution in [0.1, 0.15) is 23.9 Å². The molecule has 3 rings (SSSR count). The van der Waals surface area contributed by atoms with Crippen LogP contribution in [0, 0.1) is 13.8 Å². The Labute approximate surface area is 170 Å². The zero-order valence-corrected chi connectivity index (χ0v) is 17.4. The van der Waals surface area contributed by atoms with Crippen molar-refractivity contribution in [2.75, 3.05) is 11.1 Å². The van der Waals surface area contributed by atoms with Gasteiger partial charge in [-0.15, -0.1) is 0 Å². The highest BCUT2D eigenvalue weighted by Crippen LogP contribution is 2.23. The highest BCUT2D eigenvalue weighted by molar-refractivity contribution is 7.91. The predicted molar refractivity (Wildman–Crippen MR) is 115 cm³/mol. The monoisotopic (exact) mass is 409 g/mol. The maximum atomic E-state index is 12.4. The number of carbonyl (C=O) groups is 1. The lowest BCUT2D eigenvalue weighted by molar-refractivity contribution is -0.111. The Bertz CT molecular complexity index is 1160. The van der Waals surface area contributed by atoms with Crippen LogP contribution in [-0.4, -0.2) is 29.9 Å². The van der Waals surface area contributed by atoms with E-state index in [0.717, 1.165) is 22.6 Å². The summed E-state index contributed by atoms with van der Waals surface area (Å²) in [5.74, 6) is -0.442. The van der Waals surface area contributed by atoms with Crippen molar-refractivity contribution in [3.63, 3.8) is 0 Å². The van der Waals surface area contributed by atoms with Crippen molar-refractivity contribution in [1.82, 2.24) is 9.78 Å². The Morgan fingerprint density at radius 2 is 1.72 bits per heavy atom. The van der Waals surface area contributed by atoms with E-state index < -0.39 is 15.7 Å². The van der Waals surface area contributed by atoms with E-state index in [2.05, 4.69) is 10.4 Å². The number of aromatic nitrogens is 2. The molecule has 0 radical (unpaired) electrons. The summed E-state index contributed by atoms with van der Waals surface area (Å²) in [6.07, 6.45) is 3.09. The number of benzene rings is 2. The fraction of sp³-hybridized carbons (Fsp3) is 0.182. The molecule has 0 atom stereocenters. The molecule has 0 aliphatic heterocycles. The molecule has 0 saturated carbocycles. The van der Waals surface area contributed by atoms with Gasteiger partial charge in [0.1, 0.15) is 0 Å². The Balaban J connectivity index is 1.84. The molecule has 1 aromatic heterocycles. The number of nitrogens with zero attached hydrogens (tertiary/aromatic N) is 2. The van der Waals surface area contributed by atoms with E-state index in [-0.39, 0.29) is 16.3 Å². The molecule has 0 aliphatic rings. The molecule has 7 heteroatoms. The van der Waals surface area contributed by atoms with Gasteiger partial charge in [0.05, 0.1) is 27.7 Å². The predicted octanol–water partition coefficient (Wildman–Crippen LogP) is 3.93. The first-order valence-electron chi connectivity index (χ1n) is 9.26. The van der Waals surface area contributed by atoms with E-state index in [1.54, 1.807) is 31.2 Å². The van der Waals surface area contributed by atoms with Crippen molar-refractivity contribution in [3.8, 4) is 5.69 Å². The lowest BCUT2D eigenvalue weighted by Crippen LogP contribution is -2.13. The summed E-state index contributed by atoms with van der Waals surface area (Å²) < 4.78 is 26.3. The molecular formula is C22H23N3O3S. The summed E-state index contributed by atoms with van der Waals surface area (Å²) >= 11 is 0. The fourth-order valence-electron chi connectivity index (χ4n) is 3.05. The maximum Gasteiger partial charge on any atom is 0.248 e. The van der Waals surface area contributed by atoms with Crippen LogP contribution in [0.4, 0.5) is 5.69 Å². The minimum atomic E-state index is -3.43. The third-order valence-corrected chi connectivity index (χ3v) is 6.40. The van der Waals surface area contributed by atoms with Crippen molar-refractivity contribution in [2.24, 2.45) is 0 Å². The number of sulfone groups is 1. The van der Waals surface area contributed by atoms with Gasteiger partial charge in [-0.3, -0.25) is 4.79 Å². The lowest BCUT2D eigenvalue weighted by Gasteiger charge is -2.09. The first-order chi connectivity index (χ1) is 13.8. The number of hydrogen-bond donors (Lipinski definition) is 1. The van der Waals surface area contributed by atoms with E-state index in [1.807, 2.05) is 48.9 Å². The zero-order valence-electron chi connectivity index (χ0n) is 16.6. The van der Waals surface area contributed by atoms with Crippen LogP contribution < -0.4 is 5.32 Å². The van der Waals surface area contributed by atoms with Gasteiger partial charge >= 0.3 is 0 Å². The van der Waals surface area contributed by atoms with Gasteiger partial charge in [0.15, 0.2) is 9.84 Å². The van der Waals surface area contributed by atoms with E-state index in [1.165, 1.54) is 12.1 Å². The van der Waals surface area contributed by atoms with E-state index in [0.29, 0.717) is 0 Å². The minimum absolute atomic E-state index is 0.0349. The molecule has 1 N–H and O–H groups in total. The number of anilines is 1. The van der Waals surface area contributed by atoms with Gasteiger partial charge in [0.2, 0.25) is 5.91 Å². The third kappa shape index (κ3) is 4.46. The van der Waals surface area contributed by atoms with Crippen LogP contribution in [-0.2, 0) is 14.6 Å². The van der Waals surface area contributed by atoms with Crippen molar-refractivity contribution in [2.45, 2.75) is 25.7 Å². The van der Waals surface area contributed by atoms with Gasteiger partial charge in [0.25, 0.3) is 0 Å². The topological polar surface area (TPSA) is 81.1 Å². The molecule has 0 unspecified atom stereocenters. The molecule has 2 aromatic carbocycles. The Hall–Kier alpha value is -3.19. The Kier molecular flexibility index (Phi) is 5.98. The smallest absolute Gasteiger partial charge is 0.248 e. The summed E-state index contributed by atoms with van der Waals surface area (Å²) in [6, 6.07) is 16.2. The number of amides is 1. The summed E-state index contributed by atoms with van der Waals surface area (Å²) in [7, 11) is -3.43. The first-order valence-corrected chi connectivity index (χ1v) is 10.9. The molecule has 0 bridgehead atoms. The standard InChI is InChI=1S/C22H23N3O3S/c1-4-29(27,28)21-13-9-8-12-20(21)23-22(26)15-14-19-16(2)24-25(17(19)3)18-10-6-5-7-11-18/h5-15H,4H2,1-3H3,(H,23,26)/b15-14+. The van der Waals surface area contributed by atoms with Crippen LogP contribution in [0.25, 0.3) is 11.8 Å². The average molecular weight is 410 g/mol. The zero-order chi connectivity index (χ0) is 21.0. The second-order valence-electron chi connectivity index (χ2n) is 6.55. The van der Waals surface area contributed by atoms with Crippen LogP contribution in [0.2, 0.25) is 0 Å². The highest BCUT2D eigenvalue weighted by Gasteiger charge is 2.17. The van der Waals surface area contributed by atoms with Gasteiger partial charge in [-0.1, -0.05) is 37.3 Å². The second-order valence-corrected chi connectivity index (χ2v) is 8.80. The number of rotatable bonds is 6. The molecular weight excluding hydrogens is 386 g/mol. The van der Waals surface area contributed by atoms with Gasteiger partial charge < -0.3 is 5.32 Å². The second kappa shape index (κ2) is 8.45. The number of carbonyl (C=O) groups excluding carboxylic acids is 1. The number of hydrogen-bond acceptors (Lipinski definition) is 4. The molecule has 3 aromatic rings. The summed E-state index contributed by atoms with van der Waals surface area (Å²) in [6.45, 7) is 5.39. The normalized spacial score (nSPS) is 11.7. The largest absolute Gasteiger partial charge is 0.321 e. The average Bonchev–Trinajstić information content (AvgIpc) is 3.01. The molecule has 150 valence electrons. The van der Waals surface area contributed by atoms with Gasteiger partial charge in [-0.05, 0) is 44.2 Å². The summed E-state index contributed by atoms with van der Waals surface area (Å²) in [4.78, 5) is 12.6. The van der Waals surface area contributed by atoms with Gasteiger partial charge in [-0.2, -0.15) is 5.10 Å². The third-order valence-electron chi connectivity index (χ3n) is 4.61. The van der Waals surface area contributed by atoms with Crippen LogP contribution in [0.5, 0.6) is 0 Å². The Morgan fingerprint density at radius 1 is 1.07 bits per heavy atom. The maximum absolute atomic E-state index is 12.4. The van der Waals surface area contributed by atoms with Crippen molar-refractivity contribution in [3.05, 3.63) is 77.6 Å². The van der Waals surface area contributed by atoms with E-state index in [4.69, 9.17) is 0 Å². The molecule has 0 spiro atoms. The summed E-state index contributed by atoms with van der Waals surface area (Å²) in [5.41, 5.74) is 3.77. The molecule has 0 fully saturated rings. The van der Waals surface area contributed by atoms with E-state index >= 15 is 0 Å². The number of para-hydroxylation sites is 2. The Morgan fingerprint density at radius 3 is 2.41 bits per heavy atom. The van der Waals surface area contributed by atoms with Crippen molar-refractivity contribution >= 4 is 27.5 Å². The highest BCUT2D eigenvalue weighted by atomic mass is 32.2. The fourth-order valence-corrected chi connectivity index (χ4v) is 4.10. The molecule has 1 heterocycles. The molecule has 1 amide bonds. The van der Waals surface area contributed by atoms with E-state index in [9.17, 15) is 13.2 Å². The van der Waals surface area contributed by atoms with Crippen LogP contribution >= 0.6 is 0 Å². The SMILES string of the molecule is CCS(=O)(=O)c1ccccc1NC(=O)/C=C/c1c(C)nn(-c2ccccc2)c1C.